The average molecular weight is 393 g/mol. The number of hydrogen-bond donors (Lipinski definition) is 1. The second-order valence-electron chi connectivity index (χ2n) is 5.70. The van der Waals surface area contributed by atoms with Gasteiger partial charge >= 0.3 is 5.82 Å². The van der Waals surface area contributed by atoms with Crippen LogP contribution in [0.3, 0.4) is 0 Å². The lowest BCUT2D eigenvalue weighted by Gasteiger charge is -2.10. The predicted molar refractivity (Wildman–Crippen MR) is 95.0 cm³/mol. The Bertz CT molecular complexity index is 1020. The zero-order chi connectivity index (χ0) is 19.6. The van der Waals surface area contributed by atoms with Crippen molar-refractivity contribution < 1.29 is 14.1 Å². The Hall–Kier alpha value is -3.27. The molecule has 9 nitrogen and oxygen atoms in total. The summed E-state index contributed by atoms with van der Waals surface area (Å²) in [5.74, 6) is -0.516. The Labute approximate surface area is 157 Å². The molecule has 0 aliphatic rings. The number of hydrogen-bond acceptors (Lipinski definition) is 5. The van der Waals surface area contributed by atoms with Crippen molar-refractivity contribution in [2.24, 2.45) is 0 Å². The van der Waals surface area contributed by atoms with E-state index < -0.39 is 16.6 Å². The lowest BCUT2D eigenvalue weighted by atomic mass is 10.2. The molecule has 0 saturated carbocycles. The van der Waals surface area contributed by atoms with Crippen molar-refractivity contribution in [3.8, 4) is 0 Å². The zero-order valence-corrected chi connectivity index (χ0v) is 14.9. The van der Waals surface area contributed by atoms with Crippen LogP contribution in [0.2, 0.25) is 5.02 Å². The molecule has 0 aliphatic carbocycles. The number of aromatic nitrogens is 4. The van der Waals surface area contributed by atoms with E-state index in [1.807, 2.05) is 0 Å². The van der Waals surface area contributed by atoms with Gasteiger partial charge in [-0.1, -0.05) is 17.7 Å². The van der Waals surface area contributed by atoms with Crippen LogP contribution in [0.4, 0.5) is 16.0 Å². The maximum absolute atomic E-state index is 13.6. The minimum Gasteiger partial charge on any atom is -0.358 e. The first kappa shape index (κ1) is 18.5. The summed E-state index contributed by atoms with van der Waals surface area (Å²) < 4.78 is 16.4. The molecule has 1 aromatic carbocycles. The van der Waals surface area contributed by atoms with E-state index in [4.69, 9.17) is 11.6 Å². The number of benzene rings is 1. The average Bonchev–Trinajstić information content (AvgIpc) is 3.18. The molecular formula is C16H14ClFN6O3. The van der Waals surface area contributed by atoms with E-state index in [0.717, 1.165) is 0 Å². The largest absolute Gasteiger partial charge is 0.381 e. The molecule has 0 bridgehead atoms. The number of carbonyl (C=O) groups is 1. The van der Waals surface area contributed by atoms with E-state index in [-0.39, 0.29) is 23.9 Å². The minimum atomic E-state index is -0.623. The van der Waals surface area contributed by atoms with Crippen LogP contribution in [0.25, 0.3) is 0 Å². The first-order valence-electron chi connectivity index (χ1n) is 7.77. The van der Waals surface area contributed by atoms with Crippen molar-refractivity contribution in [2.75, 3.05) is 5.32 Å². The van der Waals surface area contributed by atoms with Gasteiger partial charge in [0, 0.05) is 13.0 Å². The molecule has 1 amide bonds. The van der Waals surface area contributed by atoms with Gasteiger partial charge in [-0.3, -0.25) is 9.36 Å². The van der Waals surface area contributed by atoms with Gasteiger partial charge in [-0.15, -0.1) is 0 Å². The van der Waals surface area contributed by atoms with Crippen LogP contribution in [0.15, 0.2) is 36.7 Å². The fraction of sp³-hybridized carbons (Fsp3) is 0.188. The number of nitro groups is 1. The van der Waals surface area contributed by atoms with Crippen LogP contribution in [0.1, 0.15) is 11.4 Å². The smallest absolute Gasteiger partial charge is 0.358 e. The minimum absolute atomic E-state index is 0.0255. The predicted octanol–water partition coefficient (Wildman–Crippen LogP) is 2.78. The molecule has 0 aliphatic heterocycles. The van der Waals surface area contributed by atoms with E-state index in [9.17, 15) is 19.3 Å². The number of nitrogens with zero attached hydrogens (tertiary/aromatic N) is 5. The van der Waals surface area contributed by atoms with Gasteiger partial charge in [0.15, 0.2) is 0 Å². The maximum atomic E-state index is 13.6. The van der Waals surface area contributed by atoms with E-state index >= 15 is 0 Å². The van der Waals surface area contributed by atoms with E-state index in [2.05, 4.69) is 15.4 Å². The van der Waals surface area contributed by atoms with Crippen molar-refractivity contribution in [3.63, 3.8) is 0 Å². The lowest BCUT2D eigenvalue weighted by Crippen LogP contribution is -2.21. The van der Waals surface area contributed by atoms with Crippen LogP contribution in [-0.2, 0) is 17.9 Å². The van der Waals surface area contributed by atoms with Crippen molar-refractivity contribution in [3.05, 3.63) is 69.0 Å². The van der Waals surface area contributed by atoms with Gasteiger partial charge in [-0.05, 0) is 27.6 Å². The zero-order valence-electron chi connectivity index (χ0n) is 14.1. The lowest BCUT2D eigenvalue weighted by molar-refractivity contribution is -0.389. The number of anilines is 1. The fourth-order valence-corrected chi connectivity index (χ4v) is 2.57. The first-order valence-corrected chi connectivity index (χ1v) is 8.15. The number of carbonyl (C=O) groups excluding carboxylic acids is 1. The number of imidazole rings is 1. The van der Waals surface area contributed by atoms with Crippen molar-refractivity contribution in [2.45, 2.75) is 20.0 Å². The summed E-state index contributed by atoms with van der Waals surface area (Å²) >= 11 is 5.67. The Morgan fingerprint density at radius 2 is 2.19 bits per heavy atom. The molecular weight excluding hydrogens is 379 g/mol. The summed E-state index contributed by atoms with van der Waals surface area (Å²) in [5, 5.41) is 17.6. The molecule has 140 valence electrons. The summed E-state index contributed by atoms with van der Waals surface area (Å²) in [4.78, 5) is 26.2. The van der Waals surface area contributed by atoms with Crippen LogP contribution < -0.4 is 5.32 Å². The summed E-state index contributed by atoms with van der Waals surface area (Å²) in [5.41, 5.74) is 0.622. The Balaban J connectivity index is 1.69. The summed E-state index contributed by atoms with van der Waals surface area (Å²) in [6.07, 6.45) is 2.69. The molecule has 3 aromatic rings. The molecule has 2 heterocycles. The van der Waals surface area contributed by atoms with Gasteiger partial charge in [0.2, 0.25) is 11.7 Å². The monoisotopic (exact) mass is 392 g/mol. The number of aryl methyl sites for hydroxylation is 1. The normalized spacial score (nSPS) is 10.8. The highest BCUT2D eigenvalue weighted by atomic mass is 35.5. The third-order valence-corrected chi connectivity index (χ3v) is 4.07. The highest BCUT2D eigenvalue weighted by Gasteiger charge is 2.17. The molecule has 0 atom stereocenters. The molecule has 3 rings (SSSR count). The second-order valence-corrected chi connectivity index (χ2v) is 6.11. The number of halogens is 2. The van der Waals surface area contributed by atoms with Crippen LogP contribution in [-0.4, -0.2) is 30.2 Å². The quantitative estimate of drug-likeness (QED) is 0.512. The molecule has 0 spiro atoms. The van der Waals surface area contributed by atoms with Gasteiger partial charge in [0.1, 0.15) is 24.4 Å². The number of nitrogens with one attached hydrogen (secondary N) is 1. The highest BCUT2D eigenvalue weighted by molar-refractivity contribution is 6.30. The Morgan fingerprint density at radius 1 is 1.41 bits per heavy atom. The third kappa shape index (κ3) is 4.29. The van der Waals surface area contributed by atoms with Crippen molar-refractivity contribution in [1.82, 2.24) is 19.3 Å². The molecule has 0 saturated heterocycles. The summed E-state index contributed by atoms with van der Waals surface area (Å²) in [7, 11) is 0. The fourth-order valence-electron chi connectivity index (χ4n) is 2.45. The SMILES string of the molecule is Cc1nc([N+](=O)[O-])cn1CC(=O)Nc1ccnn1Cc1ccc(Cl)c(F)c1. The summed E-state index contributed by atoms with van der Waals surface area (Å²) in [6, 6.07) is 5.99. The van der Waals surface area contributed by atoms with E-state index in [0.29, 0.717) is 17.2 Å². The second kappa shape index (κ2) is 7.54. The molecule has 0 unspecified atom stereocenters. The maximum Gasteiger partial charge on any atom is 0.381 e. The van der Waals surface area contributed by atoms with Gasteiger partial charge in [0.25, 0.3) is 0 Å². The molecule has 2 aromatic heterocycles. The van der Waals surface area contributed by atoms with Crippen LogP contribution in [0, 0.1) is 22.9 Å². The molecule has 0 fully saturated rings. The third-order valence-electron chi connectivity index (χ3n) is 3.76. The highest BCUT2D eigenvalue weighted by Crippen LogP contribution is 2.18. The Kier molecular flexibility index (Phi) is 5.17. The standard InChI is InChI=1S/C16H14ClFN6O3/c1-10-20-15(24(26)27)8-22(10)9-16(25)21-14-4-5-19-23(14)7-11-2-3-12(17)13(18)6-11/h2-6,8H,7,9H2,1H3,(H,21,25). The molecule has 0 radical (unpaired) electrons. The molecule has 11 heteroatoms. The number of amides is 1. The molecule has 1 N–H and O–H groups in total. The Morgan fingerprint density at radius 3 is 2.85 bits per heavy atom. The number of rotatable bonds is 6. The van der Waals surface area contributed by atoms with Crippen molar-refractivity contribution >= 4 is 29.1 Å². The van der Waals surface area contributed by atoms with Gasteiger partial charge in [0.05, 0.1) is 17.8 Å². The first-order chi connectivity index (χ1) is 12.8. The van der Waals surface area contributed by atoms with Gasteiger partial charge in [-0.25, -0.2) is 9.07 Å². The van der Waals surface area contributed by atoms with Gasteiger partial charge in [-0.2, -0.15) is 5.10 Å². The molecule has 27 heavy (non-hydrogen) atoms. The van der Waals surface area contributed by atoms with E-state index in [1.165, 1.54) is 33.8 Å². The van der Waals surface area contributed by atoms with Crippen molar-refractivity contribution in [1.29, 1.82) is 0 Å². The van der Waals surface area contributed by atoms with E-state index in [1.54, 1.807) is 19.1 Å². The topological polar surface area (TPSA) is 108 Å². The van der Waals surface area contributed by atoms with Gasteiger partial charge < -0.3 is 15.4 Å². The van der Waals surface area contributed by atoms with Crippen LogP contribution >= 0.6 is 11.6 Å². The van der Waals surface area contributed by atoms with Crippen LogP contribution in [0.5, 0.6) is 0 Å². The summed E-state index contributed by atoms with van der Waals surface area (Å²) in [6.45, 7) is 1.65.